The molecule has 2 aliphatic heterocycles. The van der Waals surface area contributed by atoms with Gasteiger partial charge in [-0.2, -0.15) is 25.5 Å². The standard InChI is InChI=1S/C19H26ClN3O.C18H22ClN3O.C17H21Cl2N3O.C17H22ClN3O3.C17H20ClN3O.B.2Na.H/c1-3-18(4-2)10-9-16(11-15-5-7-17(20)8-6-15)19(18,24)12-23-14-21-13-22-23;1-2-17-8-7-15(9-14-3-5-16(19)6-4-14)18(17,23-11-17)10-22-13-20-12-21-22;1-16(9-18)7-6-14(8-13-2-4-15(19)5-3-13)17(16,23)10-22-12-20-11-21-22;18-15-3-1-13(2-4-15)7-14-5-6-16(9-22,10-23)17(14,24)8-21-12-19-11-20-21;1-16-7-6-14(8-13-2-4-15(18)5-3-13)17(16,22-10-16)9-21-12-19-11-20-21;;;;/h5-8,13-14,16,24H,3-4,9-12H2,1-2H3;3-6,12-13,15H,2,7-11H2,1H3;2-5,11-12,14,23H,6-10H2,1H3;1-4,11-12,14,22-24H,5-10H2;2-5,11-12,14H,6-10H2,1H3;;;;/q;;;;;;2*+1;-1/t;;14?,16-,17-;;;;;;/m..0....../s1. The molecule has 0 spiro atoms. The van der Waals surface area contributed by atoms with Crippen LogP contribution in [0, 0.1) is 56.7 Å². The molecular weight excluding hydrogens is 1650 g/mol. The third-order valence-electron chi connectivity index (χ3n) is 28.6. The maximum atomic E-state index is 11.8. The molecule has 3 radical (unpaired) electrons. The van der Waals surface area contributed by atoms with Gasteiger partial charge in [0.25, 0.3) is 0 Å². The molecule has 31 heteroatoms. The van der Waals surface area contributed by atoms with Crippen molar-refractivity contribution in [3.63, 3.8) is 0 Å². The Morgan fingerprint density at radius 2 is 0.672 bits per heavy atom. The van der Waals surface area contributed by atoms with E-state index in [1.807, 2.05) is 94.3 Å². The van der Waals surface area contributed by atoms with Crippen LogP contribution in [0.3, 0.4) is 0 Å². The molecule has 17 rings (SSSR count). The van der Waals surface area contributed by atoms with Gasteiger partial charge >= 0.3 is 59.1 Å². The minimum atomic E-state index is -1.27. The summed E-state index contributed by atoms with van der Waals surface area (Å²) in [4.78, 5) is 20.1. The Labute approximate surface area is 777 Å². The van der Waals surface area contributed by atoms with Gasteiger partial charge in [0.1, 0.15) is 63.3 Å². The number of halogens is 6. The number of hydrogen-bond donors (Lipinski definition) is 5. The van der Waals surface area contributed by atoms with Crippen molar-refractivity contribution >= 4 is 78.0 Å². The topological polar surface area (TPSA) is 273 Å². The number of ether oxygens (including phenoxy) is 2. The summed E-state index contributed by atoms with van der Waals surface area (Å²) in [6.07, 6.45) is 33.7. The van der Waals surface area contributed by atoms with Crippen molar-refractivity contribution < 1.29 is 95.5 Å². The first-order valence-corrected chi connectivity index (χ1v) is 43.3. The fourth-order valence-corrected chi connectivity index (χ4v) is 22.0. The van der Waals surface area contributed by atoms with Crippen molar-refractivity contribution in [3.8, 4) is 0 Å². The van der Waals surface area contributed by atoms with E-state index in [-0.39, 0.29) is 134 Å². The minimum absolute atomic E-state index is 0. The van der Waals surface area contributed by atoms with E-state index in [0.717, 1.165) is 123 Å². The fraction of sp³-hybridized carbons (Fsp3) is 0.545. The van der Waals surface area contributed by atoms with Gasteiger partial charge in [0, 0.05) is 66.5 Å². The van der Waals surface area contributed by atoms with E-state index in [9.17, 15) is 25.5 Å². The number of aliphatic hydroxyl groups is 5. The molecule has 5 aromatic heterocycles. The van der Waals surface area contributed by atoms with Crippen LogP contribution in [-0.4, -0.2) is 168 Å². The van der Waals surface area contributed by atoms with Gasteiger partial charge in [-0.1, -0.05) is 153 Å². The second-order valence-corrected chi connectivity index (χ2v) is 36.8. The molecule has 13 atom stereocenters. The number of nitrogens with zero attached hydrogens (tertiary/aromatic N) is 15. The van der Waals surface area contributed by atoms with Crippen LogP contribution in [0.5, 0.6) is 0 Å². The van der Waals surface area contributed by atoms with E-state index in [1.54, 1.807) is 52.0 Å². The van der Waals surface area contributed by atoms with Crippen LogP contribution in [0.2, 0.25) is 25.1 Å². The third kappa shape index (κ3) is 20.4. The summed E-state index contributed by atoms with van der Waals surface area (Å²) in [5, 5.41) is 79.6. The van der Waals surface area contributed by atoms with E-state index in [2.05, 4.69) is 121 Å². The summed E-state index contributed by atoms with van der Waals surface area (Å²) < 4.78 is 21.4. The largest absolute Gasteiger partial charge is 1.00 e. The molecule has 0 amide bonds. The molecule has 10 aromatic rings. The van der Waals surface area contributed by atoms with Crippen molar-refractivity contribution in [2.45, 2.75) is 211 Å². The fourth-order valence-electron chi connectivity index (χ4n) is 21.0. The van der Waals surface area contributed by atoms with Crippen LogP contribution in [0.25, 0.3) is 0 Å². The quantitative estimate of drug-likeness (QED) is 0.0249. The predicted molar refractivity (Wildman–Crippen MR) is 458 cm³/mol. The zero-order valence-electron chi connectivity index (χ0n) is 70.6. The Morgan fingerprint density at radius 3 is 0.983 bits per heavy atom. The van der Waals surface area contributed by atoms with Gasteiger partial charge in [0.15, 0.2) is 0 Å². The SMILES string of the molecule is CC12CCC(Cc3ccc(Cl)cc3)C1(Cn1cncn1)OC2.CCC1(CC)CCC(Cc2ccc(Cl)cc2)C1(O)Cn1cncn1.CCC12CCC(Cc3ccc(Cl)cc3)C1(Cn1cncn1)OC2.C[C@@]1(CCl)CCC(Cc2ccc(Cl)cc2)[C@@]1(O)Cn1cncn1.OCC1(CO)CCC(Cc2ccc(Cl)cc2)C1(O)Cn1cncn1.[B].[H-].[Na+].[Na+]. The smallest absolute Gasteiger partial charge is 1.00 e. The van der Waals surface area contributed by atoms with Crippen molar-refractivity contribution in [1.29, 1.82) is 0 Å². The first-order valence-electron chi connectivity index (χ1n) is 40.9. The second kappa shape index (κ2) is 41.6. The number of aliphatic hydroxyl groups excluding tert-OH is 2. The molecular formula is C88H112BCl6N15Na2O7+. The Hall–Kier alpha value is -4.68. The number of hydrogen-bond acceptors (Lipinski definition) is 17. The number of alkyl halides is 1. The maximum Gasteiger partial charge on any atom is 1.00 e. The molecule has 2 saturated heterocycles. The van der Waals surface area contributed by atoms with Crippen LogP contribution in [0.1, 0.15) is 147 Å². The maximum absolute atomic E-state index is 11.8. The van der Waals surface area contributed by atoms with Gasteiger partial charge in [-0.15, -0.1) is 11.6 Å². The van der Waals surface area contributed by atoms with Crippen LogP contribution < -0.4 is 59.1 Å². The zero-order valence-corrected chi connectivity index (χ0v) is 78.1. The minimum Gasteiger partial charge on any atom is -1.00 e. The predicted octanol–water partition coefficient (Wildman–Crippen LogP) is 9.82. The molecule has 627 valence electrons. The van der Waals surface area contributed by atoms with Gasteiger partial charge in [-0.25, -0.2) is 24.9 Å². The van der Waals surface area contributed by atoms with Crippen molar-refractivity contribution in [2.75, 3.05) is 32.3 Å². The molecule has 119 heavy (non-hydrogen) atoms. The molecule has 7 aliphatic rings. The van der Waals surface area contributed by atoms with Gasteiger partial charge in [0.2, 0.25) is 0 Å². The molecule has 7 fully saturated rings. The summed E-state index contributed by atoms with van der Waals surface area (Å²) in [6.45, 7) is 15.0. The number of fused-ring (bicyclic) bond motifs is 2. The van der Waals surface area contributed by atoms with Gasteiger partial charge in [0.05, 0.1) is 87.2 Å². The summed E-state index contributed by atoms with van der Waals surface area (Å²) in [7, 11) is 0. The van der Waals surface area contributed by atoms with Crippen LogP contribution in [0.4, 0.5) is 0 Å². The Kier molecular flexibility index (Phi) is 33.8. The van der Waals surface area contributed by atoms with Crippen molar-refractivity contribution in [2.24, 2.45) is 56.7 Å². The average Bonchev–Trinajstić information content (AvgIpc) is 1.53. The zero-order chi connectivity index (χ0) is 82.0. The third-order valence-corrected chi connectivity index (χ3v) is 30.5. The first-order chi connectivity index (χ1) is 55.8. The van der Waals surface area contributed by atoms with E-state index < -0.39 is 22.2 Å². The summed E-state index contributed by atoms with van der Waals surface area (Å²) in [6, 6.07) is 39.8. The molecule has 7 heterocycles. The van der Waals surface area contributed by atoms with E-state index in [0.29, 0.717) is 54.1 Å². The molecule has 0 bridgehead atoms. The molecule has 5 aromatic carbocycles. The number of benzene rings is 5. The van der Waals surface area contributed by atoms with Crippen LogP contribution in [0.15, 0.2) is 185 Å². The molecule has 5 aliphatic carbocycles. The van der Waals surface area contributed by atoms with Gasteiger partial charge in [-0.3, -0.25) is 23.4 Å². The van der Waals surface area contributed by atoms with Crippen molar-refractivity contribution in [1.82, 2.24) is 73.8 Å². The summed E-state index contributed by atoms with van der Waals surface area (Å²) in [5.74, 6) is 1.68. The average molecular weight is 1760 g/mol. The Bertz CT molecular complexity index is 4460. The Morgan fingerprint density at radius 1 is 0.378 bits per heavy atom. The number of rotatable bonds is 26. The summed E-state index contributed by atoms with van der Waals surface area (Å²) >= 11 is 36.1. The molecule has 11 unspecified atom stereocenters. The van der Waals surface area contributed by atoms with E-state index in [4.69, 9.17) is 79.1 Å². The van der Waals surface area contributed by atoms with Gasteiger partial charge in [-0.05, 0) is 234 Å². The van der Waals surface area contributed by atoms with E-state index >= 15 is 0 Å². The molecule has 5 N–H and O–H groups in total. The second-order valence-electron chi connectivity index (χ2n) is 34.4. The monoisotopic (exact) mass is 1760 g/mol. The molecule has 5 saturated carbocycles. The van der Waals surface area contributed by atoms with Crippen LogP contribution in [-0.2, 0) is 74.3 Å². The normalized spacial score (nSPS) is 28.9. The van der Waals surface area contributed by atoms with Crippen molar-refractivity contribution in [3.05, 3.63) is 238 Å². The first kappa shape index (κ1) is 96.5. The van der Waals surface area contributed by atoms with Gasteiger partial charge < -0.3 is 36.4 Å². The van der Waals surface area contributed by atoms with Crippen LogP contribution >= 0.6 is 69.6 Å². The number of aromatic nitrogens is 15. The molecule has 22 nitrogen and oxygen atoms in total. The van der Waals surface area contributed by atoms with E-state index in [1.165, 1.54) is 79.7 Å². The Balaban J connectivity index is 0.000000169. The summed E-state index contributed by atoms with van der Waals surface area (Å²) in [5.41, 5.74) is 2.17.